The molecule has 0 heterocycles. The number of isothiocyanates is 1. The fourth-order valence-corrected chi connectivity index (χ4v) is 5.30. The Bertz CT molecular complexity index is 222. The predicted molar refractivity (Wildman–Crippen MR) is 71.0 cm³/mol. The van der Waals surface area contributed by atoms with Crippen molar-refractivity contribution in [2.75, 3.05) is 13.2 Å². The lowest BCUT2D eigenvalue weighted by Crippen LogP contribution is -2.38. The number of hydrogen-bond donors (Lipinski definition) is 0. The number of aliphatic imine (C=N–C) groups is 1. The van der Waals surface area contributed by atoms with Crippen LogP contribution in [0.4, 0.5) is 0 Å². The first-order valence-electron chi connectivity index (χ1n) is 5.24. The molecule has 0 atom stereocenters. The summed E-state index contributed by atoms with van der Waals surface area (Å²) in [4.78, 5) is 3.86. The second-order valence-corrected chi connectivity index (χ2v) is 9.78. The first-order valence-corrected chi connectivity index (χ1v) is 7.05. The predicted octanol–water partition coefficient (Wildman–Crippen LogP) is 3.70. The number of rotatable bonds is 4. The van der Waals surface area contributed by atoms with Gasteiger partial charge in [0.05, 0.1) is 18.3 Å². The van der Waals surface area contributed by atoms with Crippen LogP contribution in [0, 0.1) is 0 Å². The lowest BCUT2D eigenvalue weighted by atomic mass is 10.2. The van der Waals surface area contributed by atoms with Crippen molar-refractivity contribution >= 4 is 26.4 Å². The molecule has 1 radical (unpaired) electrons. The van der Waals surface area contributed by atoms with Crippen LogP contribution in [0.25, 0.3) is 0 Å². The monoisotopic (exact) mass is 244 g/mol. The largest absolute Gasteiger partial charge is 0.414 e. The van der Waals surface area contributed by atoms with Gasteiger partial charge in [0.15, 0.2) is 0 Å². The second-order valence-electron chi connectivity index (χ2n) is 5.65. The van der Waals surface area contributed by atoms with Crippen molar-refractivity contribution in [1.82, 2.24) is 0 Å². The number of nitrogens with zero attached hydrogens (tertiary/aromatic N) is 1. The zero-order valence-electron chi connectivity index (χ0n) is 10.7. The molecule has 4 heteroatoms. The molecule has 0 bridgehead atoms. The summed E-state index contributed by atoms with van der Waals surface area (Å²) in [5, 5.41) is 2.84. The average molecular weight is 244 g/mol. The summed E-state index contributed by atoms with van der Waals surface area (Å²) < 4.78 is 5.99. The lowest BCUT2D eigenvalue weighted by molar-refractivity contribution is 0.292. The normalized spacial score (nSPS) is 12.7. The molecule has 0 aliphatic heterocycles. The molecule has 0 aromatic heterocycles. The van der Waals surface area contributed by atoms with Crippen LogP contribution in [0.1, 0.15) is 41.5 Å². The molecule has 0 rings (SSSR count). The fourth-order valence-electron chi connectivity index (χ4n) is 1.80. The third-order valence-corrected chi connectivity index (χ3v) is 5.22. The maximum absolute atomic E-state index is 5.99. The van der Waals surface area contributed by atoms with Crippen molar-refractivity contribution in [3.8, 4) is 0 Å². The SMILES string of the molecule is CC(C)(C)[Si](OCCN=C=S)C(C)(C)C. The Kier molecular flexibility index (Phi) is 5.89. The van der Waals surface area contributed by atoms with Crippen molar-refractivity contribution < 1.29 is 4.43 Å². The Morgan fingerprint density at radius 1 is 1.13 bits per heavy atom. The Hall–Kier alpha value is -0.0231. The van der Waals surface area contributed by atoms with Crippen molar-refractivity contribution in [1.29, 1.82) is 0 Å². The van der Waals surface area contributed by atoms with Gasteiger partial charge >= 0.3 is 0 Å². The van der Waals surface area contributed by atoms with E-state index in [9.17, 15) is 0 Å². The maximum atomic E-state index is 5.99. The van der Waals surface area contributed by atoms with Gasteiger partial charge in [-0.2, -0.15) is 0 Å². The minimum atomic E-state index is -0.878. The summed E-state index contributed by atoms with van der Waals surface area (Å²) in [6, 6.07) is 0. The van der Waals surface area contributed by atoms with E-state index in [1.807, 2.05) is 0 Å². The van der Waals surface area contributed by atoms with E-state index in [0.29, 0.717) is 13.2 Å². The van der Waals surface area contributed by atoms with Gasteiger partial charge in [-0.15, -0.1) is 0 Å². The molecule has 0 aromatic carbocycles. The molecular weight excluding hydrogens is 222 g/mol. The molecule has 87 valence electrons. The Balaban J connectivity index is 4.35. The molecule has 0 saturated heterocycles. The van der Waals surface area contributed by atoms with Crippen molar-refractivity contribution in [3.05, 3.63) is 0 Å². The molecule has 0 aliphatic carbocycles. The van der Waals surface area contributed by atoms with Crippen LogP contribution >= 0.6 is 12.2 Å². The van der Waals surface area contributed by atoms with Crippen LogP contribution in [-0.4, -0.2) is 27.4 Å². The van der Waals surface area contributed by atoms with Gasteiger partial charge in [0.25, 0.3) is 0 Å². The molecule has 0 aromatic rings. The zero-order chi connectivity index (χ0) is 12.1. The number of hydrogen-bond acceptors (Lipinski definition) is 3. The van der Waals surface area contributed by atoms with Gasteiger partial charge in [-0.25, -0.2) is 4.99 Å². The van der Waals surface area contributed by atoms with E-state index in [-0.39, 0.29) is 10.1 Å². The van der Waals surface area contributed by atoms with Crippen molar-refractivity contribution in [2.24, 2.45) is 4.99 Å². The van der Waals surface area contributed by atoms with E-state index in [4.69, 9.17) is 4.43 Å². The van der Waals surface area contributed by atoms with Gasteiger partial charge < -0.3 is 4.43 Å². The van der Waals surface area contributed by atoms with Gasteiger partial charge in [0.2, 0.25) is 9.04 Å². The van der Waals surface area contributed by atoms with Crippen LogP contribution in [0.3, 0.4) is 0 Å². The van der Waals surface area contributed by atoms with E-state index >= 15 is 0 Å². The van der Waals surface area contributed by atoms with Crippen LogP contribution in [0.2, 0.25) is 10.1 Å². The Morgan fingerprint density at radius 3 is 1.93 bits per heavy atom. The minimum Gasteiger partial charge on any atom is -0.414 e. The molecular formula is C11H22NOSSi. The molecule has 0 aliphatic rings. The van der Waals surface area contributed by atoms with Crippen LogP contribution in [0.15, 0.2) is 4.99 Å². The van der Waals surface area contributed by atoms with E-state index in [0.717, 1.165) is 0 Å². The van der Waals surface area contributed by atoms with E-state index in [2.05, 4.69) is 63.9 Å². The number of thiocarbonyl (C=S) groups is 1. The summed E-state index contributed by atoms with van der Waals surface area (Å²) in [6.45, 7) is 14.8. The average Bonchev–Trinajstić information content (AvgIpc) is 1.99. The molecule has 0 unspecified atom stereocenters. The van der Waals surface area contributed by atoms with Crippen LogP contribution in [-0.2, 0) is 4.43 Å². The van der Waals surface area contributed by atoms with Crippen LogP contribution in [0.5, 0.6) is 0 Å². The van der Waals surface area contributed by atoms with Crippen LogP contribution < -0.4 is 0 Å². The fraction of sp³-hybridized carbons (Fsp3) is 0.909. The molecule has 0 N–H and O–H groups in total. The highest BCUT2D eigenvalue weighted by molar-refractivity contribution is 7.78. The molecule has 0 spiro atoms. The highest BCUT2D eigenvalue weighted by Crippen LogP contribution is 2.42. The van der Waals surface area contributed by atoms with E-state index < -0.39 is 9.04 Å². The highest BCUT2D eigenvalue weighted by Gasteiger charge is 2.39. The van der Waals surface area contributed by atoms with Gasteiger partial charge in [0.1, 0.15) is 0 Å². The lowest BCUT2D eigenvalue weighted by Gasteiger charge is -2.37. The second kappa shape index (κ2) is 5.90. The molecule has 2 nitrogen and oxygen atoms in total. The highest BCUT2D eigenvalue weighted by atomic mass is 32.1. The Morgan fingerprint density at radius 2 is 1.60 bits per heavy atom. The topological polar surface area (TPSA) is 21.6 Å². The summed E-state index contributed by atoms with van der Waals surface area (Å²) in [5.41, 5.74) is 0. The maximum Gasteiger partial charge on any atom is 0.222 e. The van der Waals surface area contributed by atoms with Crippen molar-refractivity contribution in [2.45, 2.75) is 51.6 Å². The third-order valence-electron chi connectivity index (χ3n) is 1.88. The van der Waals surface area contributed by atoms with Gasteiger partial charge in [-0.1, -0.05) is 41.5 Å². The standard InChI is InChI=1S/C11H22NOSSi/c1-10(2,3)15(11(4,5)6)13-8-7-12-9-14/h7-8H2,1-6H3. The first kappa shape index (κ1) is 15.0. The van der Waals surface area contributed by atoms with E-state index in [1.54, 1.807) is 0 Å². The summed E-state index contributed by atoms with van der Waals surface area (Å²) in [7, 11) is -0.878. The van der Waals surface area contributed by atoms with E-state index in [1.165, 1.54) is 0 Å². The summed E-state index contributed by atoms with van der Waals surface area (Å²) in [5.74, 6) is 0. The molecule has 0 saturated carbocycles. The van der Waals surface area contributed by atoms with Gasteiger partial charge in [-0.05, 0) is 22.3 Å². The smallest absolute Gasteiger partial charge is 0.222 e. The van der Waals surface area contributed by atoms with Crippen molar-refractivity contribution in [3.63, 3.8) is 0 Å². The molecule has 0 fully saturated rings. The third kappa shape index (κ3) is 6.20. The minimum absolute atomic E-state index is 0.240. The van der Waals surface area contributed by atoms with Gasteiger partial charge in [0, 0.05) is 0 Å². The summed E-state index contributed by atoms with van der Waals surface area (Å²) >= 11 is 4.51. The first-order chi connectivity index (χ1) is 6.69. The van der Waals surface area contributed by atoms with Gasteiger partial charge in [-0.3, -0.25) is 0 Å². The molecule has 15 heavy (non-hydrogen) atoms. The quantitative estimate of drug-likeness (QED) is 0.325. The zero-order valence-corrected chi connectivity index (χ0v) is 12.5. The molecule has 0 amide bonds. The Labute approximate surface area is 101 Å². The summed E-state index contributed by atoms with van der Waals surface area (Å²) in [6.07, 6.45) is 0.